The summed E-state index contributed by atoms with van der Waals surface area (Å²) in [5.74, 6) is 0.756. The maximum atomic E-state index is 10.1. The lowest BCUT2D eigenvalue weighted by atomic mass is 9.51. The van der Waals surface area contributed by atoms with Crippen LogP contribution >= 0.6 is 0 Å². The molecule has 0 atom stereocenters. The second-order valence-electron chi connectivity index (χ2n) is 8.97. The van der Waals surface area contributed by atoms with Crippen LogP contribution in [0.2, 0.25) is 0 Å². The molecule has 0 saturated heterocycles. The zero-order valence-electron chi connectivity index (χ0n) is 19.4. The third kappa shape index (κ3) is 3.86. The molecule has 4 nitrogen and oxygen atoms in total. The molecule has 174 valence electrons. The maximum absolute atomic E-state index is 10.1. The number of rotatable bonds is 7. The first kappa shape index (κ1) is 23.2. The maximum Gasteiger partial charge on any atom is 0.115 e. The van der Waals surface area contributed by atoms with E-state index in [1.165, 1.54) is 0 Å². The molecule has 4 aromatic rings. The van der Waals surface area contributed by atoms with Crippen molar-refractivity contribution in [3.63, 3.8) is 0 Å². The van der Waals surface area contributed by atoms with Crippen LogP contribution in [0.4, 0.5) is 0 Å². The van der Waals surface area contributed by atoms with Crippen LogP contribution in [-0.2, 0) is 10.8 Å². The lowest BCUT2D eigenvalue weighted by molar-refractivity contribution is 0.305. The van der Waals surface area contributed by atoms with Crippen LogP contribution in [-0.4, -0.2) is 20.4 Å². The summed E-state index contributed by atoms with van der Waals surface area (Å²) in [5.41, 5.74) is 2.74. The van der Waals surface area contributed by atoms with Crippen molar-refractivity contribution in [1.29, 1.82) is 0 Å². The number of phenols is 4. The third-order valence-corrected chi connectivity index (χ3v) is 7.09. The summed E-state index contributed by atoms with van der Waals surface area (Å²) in [6.45, 7) is 4.32. The first-order valence-corrected chi connectivity index (χ1v) is 11.5. The van der Waals surface area contributed by atoms with Crippen molar-refractivity contribution in [2.75, 3.05) is 0 Å². The highest BCUT2D eigenvalue weighted by Gasteiger charge is 2.52. The molecule has 0 spiro atoms. The second-order valence-corrected chi connectivity index (χ2v) is 8.97. The number of phenolic OH excluding ortho intramolecular Hbond substituents is 4. The molecule has 0 aliphatic rings. The monoisotopic (exact) mass is 454 g/mol. The predicted octanol–water partition coefficient (Wildman–Crippen LogP) is 6.60. The predicted molar refractivity (Wildman–Crippen MR) is 135 cm³/mol. The van der Waals surface area contributed by atoms with Crippen LogP contribution in [0.3, 0.4) is 0 Å². The van der Waals surface area contributed by atoms with Gasteiger partial charge in [0.1, 0.15) is 23.0 Å². The smallest absolute Gasteiger partial charge is 0.115 e. The van der Waals surface area contributed by atoms with Gasteiger partial charge in [0.15, 0.2) is 0 Å². The molecule has 0 amide bonds. The normalized spacial score (nSPS) is 11.9. The Labute approximate surface area is 200 Å². The van der Waals surface area contributed by atoms with Crippen LogP contribution in [0, 0.1) is 0 Å². The molecule has 0 aromatic heterocycles. The Morgan fingerprint density at radius 3 is 1.00 bits per heavy atom. The summed E-state index contributed by atoms with van der Waals surface area (Å²) in [6.07, 6.45) is 1.63. The van der Waals surface area contributed by atoms with Gasteiger partial charge in [-0.3, -0.25) is 0 Å². The fourth-order valence-electron chi connectivity index (χ4n) is 5.40. The van der Waals surface area contributed by atoms with Gasteiger partial charge in [-0.15, -0.1) is 0 Å². The molecular formula is C30H30O4. The van der Waals surface area contributed by atoms with E-state index in [-0.39, 0.29) is 23.0 Å². The van der Waals surface area contributed by atoms with Crippen LogP contribution in [0.25, 0.3) is 0 Å². The van der Waals surface area contributed by atoms with Gasteiger partial charge in [0.2, 0.25) is 0 Å². The minimum atomic E-state index is -0.654. The van der Waals surface area contributed by atoms with Crippen LogP contribution < -0.4 is 0 Å². The molecule has 0 heterocycles. The Balaban J connectivity index is 2.15. The van der Waals surface area contributed by atoms with Gasteiger partial charge in [-0.05, 0) is 77.2 Å². The summed E-state index contributed by atoms with van der Waals surface area (Å²) in [7, 11) is 0. The van der Waals surface area contributed by atoms with Gasteiger partial charge in [-0.25, -0.2) is 0 Å². The van der Waals surface area contributed by atoms with E-state index in [4.69, 9.17) is 0 Å². The highest BCUT2D eigenvalue weighted by atomic mass is 16.3. The molecule has 0 unspecified atom stereocenters. The Kier molecular flexibility index (Phi) is 6.25. The Bertz CT molecular complexity index is 1130. The van der Waals surface area contributed by atoms with Gasteiger partial charge >= 0.3 is 0 Å². The van der Waals surface area contributed by atoms with Gasteiger partial charge in [0.05, 0.1) is 0 Å². The molecule has 0 saturated carbocycles. The van der Waals surface area contributed by atoms with Gasteiger partial charge in [-0.2, -0.15) is 0 Å². The molecule has 4 aromatic carbocycles. The molecule has 0 radical (unpaired) electrons. The fraction of sp³-hybridized carbons (Fsp3) is 0.200. The fourth-order valence-corrected chi connectivity index (χ4v) is 5.40. The number of aromatic hydroxyl groups is 4. The molecule has 4 N–H and O–H groups in total. The van der Waals surface area contributed by atoms with E-state index in [0.29, 0.717) is 0 Å². The average molecular weight is 455 g/mol. The summed E-state index contributed by atoms with van der Waals surface area (Å²) >= 11 is 0. The molecule has 4 rings (SSSR count). The highest BCUT2D eigenvalue weighted by molar-refractivity contribution is 5.56. The summed E-state index contributed by atoms with van der Waals surface area (Å²) in [4.78, 5) is 0. The Hall–Kier alpha value is -3.92. The van der Waals surface area contributed by atoms with E-state index in [0.717, 1.165) is 35.1 Å². The molecule has 0 fully saturated rings. The Morgan fingerprint density at radius 1 is 0.471 bits per heavy atom. The first-order valence-electron chi connectivity index (χ1n) is 11.5. The van der Waals surface area contributed by atoms with Crippen molar-refractivity contribution in [3.05, 3.63) is 119 Å². The topological polar surface area (TPSA) is 80.9 Å². The molecule has 0 bridgehead atoms. The molecule has 0 aliphatic carbocycles. The van der Waals surface area contributed by atoms with E-state index >= 15 is 0 Å². The zero-order valence-corrected chi connectivity index (χ0v) is 19.4. The second kappa shape index (κ2) is 9.14. The van der Waals surface area contributed by atoms with E-state index in [2.05, 4.69) is 13.8 Å². The summed E-state index contributed by atoms with van der Waals surface area (Å²) in [6, 6.07) is 29.2. The van der Waals surface area contributed by atoms with Crippen molar-refractivity contribution in [1.82, 2.24) is 0 Å². The minimum absolute atomic E-state index is 0.187. The van der Waals surface area contributed by atoms with Gasteiger partial charge in [-0.1, -0.05) is 68.8 Å². The minimum Gasteiger partial charge on any atom is -0.508 e. The molecule has 34 heavy (non-hydrogen) atoms. The van der Waals surface area contributed by atoms with Crippen LogP contribution in [0.15, 0.2) is 97.1 Å². The quantitative estimate of drug-likeness (QED) is 0.254. The van der Waals surface area contributed by atoms with Crippen molar-refractivity contribution < 1.29 is 20.4 Å². The van der Waals surface area contributed by atoms with Crippen LogP contribution in [0.1, 0.15) is 48.9 Å². The van der Waals surface area contributed by atoms with E-state index in [1.807, 2.05) is 48.5 Å². The molecule has 4 heteroatoms. The van der Waals surface area contributed by atoms with Crippen molar-refractivity contribution in [3.8, 4) is 23.0 Å². The highest BCUT2D eigenvalue weighted by Crippen LogP contribution is 2.56. The number of hydrogen-bond acceptors (Lipinski definition) is 4. The van der Waals surface area contributed by atoms with E-state index in [1.54, 1.807) is 48.5 Å². The number of hydrogen-bond donors (Lipinski definition) is 4. The van der Waals surface area contributed by atoms with Crippen molar-refractivity contribution in [2.45, 2.75) is 37.5 Å². The van der Waals surface area contributed by atoms with Crippen molar-refractivity contribution in [2.24, 2.45) is 0 Å². The van der Waals surface area contributed by atoms with Crippen LogP contribution in [0.5, 0.6) is 23.0 Å². The molecular weight excluding hydrogens is 424 g/mol. The lowest BCUT2D eigenvalue weighted by Crippen LogP contribution is -2.49. The zero-order chi connectivity index (χ0) is 24.3. The van der Waals surface area contributed by atoms with Crippen molar-refractivity contribution >= 4 is 0 Å². The Morgan fingerprint density at radius 2 is 0.735 bits per heavy atom. The van der Waals surface area contributed by atoms with E-state index < -0.39 is 10.8 Å². The third-order valence-electron chi connectivity index (χ3n) is 7.09. The van der Waals surface area contributed by atoms with Gasteiger partial charge < -0.3 is 20.4 Å². The standard InChI is InChI=1S/C30H30O4/c1-3-20-30(23-8-16-27(33)17-9-23,24-10-18-28(34)19-11-24)29(2,21-4-12-25(31)13-5-21)22-6-14-26(32)15-7-22/h4-19,31-34H,3,20H2,1-2H3. The molecule has 0 aliphatic heterocycles. The van der Waals surface area contributed by atoms with Gasteiger partial charge in [0, 0.05) is 10.8 Å². The average Bonchev–Trinajstić information content (AvgIpc) is 2.84. The first-order chi connectivity index (χ1) is 16.3. The largest absolute Gasteiger partial charge is 0.508 e. The SMILES string of the molecule is CCCC(c1ccc(O)cc1)(c1ccc(O)cc1)C(C)(c1ccc(O)cc1)c1ccc(O)cc1. The summed E-state index contributed by atoms with van der Waals surface area (Å²) in [5, 5.41) is 40.2. The van der Waals surface area contributed by atoms with E-state index in [9.17, 15) is 20.4 Å². The van der Waals surface area contributed by atoms with Gasteiger partial charge in [0.25, 0.3) is 0 Å². The lowest BCUT2D eigenvalue weighted by Gasteiger charge is -2.51. The summed E-state index contributed by atoms with van der Waals surface area (Å²) < 4.78 is 0. The number of benzene rings is 4.